The van der Waals surface area contributed by atoms with E-state index in [0.717, 1.165) is 0 Å². The van der Waals surface area contributed by atoms with Crippen LogP contribution in [0.5, 0.6) is 0 Å². The molecule has 0 amide bonds. The summed E-state index contributed by atoms with van der Waals surface area (Å²) in [5.41, 5.74) is 9.23. The van der Waals surface area contributed by atoms with Crippen LogP contribution in [0.2, 0.25) is 0 Å². The van der Waals surface area contributed by atoms with Gasteiger partial charge in [-0.3, -0.25) is 9.97 Å². The van der Waals surface area contributed by atoms with E-state index in [-0.39, 0.29) is 10.8 Å². The van der Waals surface area contributed by atoms with Gasteiger partial charge in [0, 0.05) is 57.5 Å². The topological polar surface area (TPSA) is 30.7 Å². The van der Waals surface area contributed by atoms with E-state index in [1.54, 1.807) is 0 Å². The van der Waals surface area contributed by atoms with Crippen LogP contribution < -0.4 is 0 Å². The molecule has 0 N–H and O–H groups in total. The van der Waals surface area contributed by atoms with Crippen molar-refractivity contribution in [2.24, 2.45) is 0 Å². The van der Waals surface area contributed by atoms with E-state index in [4.69, 9.17) is 0 Å². The summed E-state index contributed by atoms with van der Waals surface area (Å²) in [6.07, 6.45) is 8.11. The molecule has 0 atom stereocenters. The van der Waals surface area contributed by atoms with Crippen molar-refractivity contribution in [1.82, 2.24) is 14.5 Å². The van der Waals surface area contributed by atoms with E-state index >= 15 is 0 Å². The summed E-state index contributed by atoms with van der Waals surface area (Å²) in [7, 11) is 0. The number of fused-ring (bicyclic) bond motifs is 1. The fourth-order valence-electron chi connectivity index (χ4n) is 5.12. The predicted molar refractivity (Wildman–Crippen MR) is 101 cm³/mol. The minimum Gasteiger partial charge on any atom is -0.308 e. The van der Waals surface area contributed by atoms with Crippen LogP contribution >= 0.6 is 0 Å². The van der Waals surface area contributed by atoms with Crippen molar-refractivity contribution in [1.29, 1.82) is 0 Å². The highest BCUT2D eigenvalue weighted by molar-refractivity contribution is 6.13. The lowest BCUT2D eigenvalue weighted by atomic mass is 9.69. The molecule has 2 aliphatic rings. The molecule has 25 heavy (non-hydrogen) atoms. The second-order valence-corrected chi connectivity index (χ2v) is 8.45. The van der Waals surface area contributed by atoms with Gasteiger partial charge >= 0.3 is 0 Å². The van der Waals surface area contributed by atoms with Gasteiger partial charge in [0.1, 0.15) is 0 Å². The van der Waals surface area contributed by atoms with E-state index in [1.165, 1.54) is 49.7 Å². The Hall–Kier alpha value is -2.68. The summed E-state index contributed by atoms with van der Waals surface area (Å²) in [5.74, 6) is 0. The first-order chi connectivity index (χ1) is 11.9. The quantitative estimate of drug-likeness (QED) is 0.462. The van der Waals surface area contributed by atoms with Gasteiger partial charge in [0.25, 0.3) is 0 Å². The SMILES string of the molecule is CC1(C)c2cccc3c2-n2c4c1cncc4c1cncc(c12)C3(C)C. The second kappa shape index (κ2) is 3.77. The average Bonchev–Trinajstić information content (AvgIpc) is 2.94. The Bertz CT molecular complexity index is 1150. The van der Waals surface area contributed by atoms with Crippen molar-refractivity contribution in [3.05, 3.63) is 65.2 Å². The van der Waals surface area contributed by atoms with Crippen molar-refractivity contribution in [3.8, 4) is 5.69 Å². The first kappa shape index (κ1) is 13.6. The Morgan fingerprint density at radius 3 is 1.64 bits per heavy atom. The maximum absolute atomic E-state index is 4.59. The highest BCUT2D eigenvalue weighted by Crippen LogP contribution is 2.54. The molecule has 0 aliphatic carbocycles. The Morgan fingerprint density at radius 2 is 1.16 bits per heavy atom. The maximum Gasteiger partial charge on any atom is 0.0613 e. The van der Waals surface area contributed by atoms with E-state index in [9.17, 15) is 0 Å². The van der Waals surface area contributed by atoms with Gasteiger partial charge in [-0.15, -0.1) is 0 Å². The average molecular weight is 325 g/mol. The molecular weight excluding hydrogens is 306 g/mol. The third-order valence-corrected chi connectivity index (χ3v) is 6.53. The van der Waals surface area contributed by atoms with E-state index in [1.807, 2.05) is 24.8 Å². The molecule has 3 heteroatoms. The van der Waals surface area contributed by atoms with Gasteiger partial charge in [0.05, 0.1) is 16.7 Å². The Kier molecular flexibility index (Phi) is 2.05. The van der Waals surface area contributed by atoms with Gasteiger partial charge in [-0.25, -0.2) is 0 Å². The number of aromatic nitrogens is 3. The lowest BCUT2D eigenvalue weighted by Crippen LogP contribution is -2.33. The molecule has 0 radical (unpaired) electrons. The Morgan fingerprint density at radius 1 is 0.680 bits per heavy atom. The molecule has 0 unspecified atom stereocenters. The van der Waals surface area contributed by atoms with Crippen molar-refractivity contribution < 1.29 is 0 Å². The molecule has 4 aromatic rings. The van der Waals surface area contributed by atoms with Crippen LogP contribution in [0, 0.1) is 0 Å². The predicted octanol–water partition coefficient (Wildman–Crippen LogP) is 4.85. The highest BCUT2D eigenvalue weighted by atomic mass is 15.0. The van der Waals surface area contributed by atoms with Crippen LogP contribution in [0.25, 0.3) is 27.5 Å². The first-order valence-electron chi connectivity index (χ1n) is 8.85. The first-order valence-corrected chi connectivity index (χ1v) is 8.85. The minimum absolute atomic E-state index is 0.0662. The molecule has 2 aliphatic heterocycles. The van der Waals surface area contributed by atoms with Gasteiger partial charge in [0.15, 0.2) is 0 Å². The van der Waals surface area contributed by atoms with Gasteiger partial charge in [-0.1, -0.05) is 45.9 Å². The fraction of sp³-hybridized carbons (Fsp3) is 0.273. The molecule has 1 aromatic carbocycles. The van der Waals surface area contributed by atoms with Crippen molar-refractivity contribution >= 4 is 21.8 Å². The zero-order valence-electron chi connectivity index (χ0n) is 14.9. The molecule has 0 saturated heterocycles. The van der Waals surface area contributed by atoms with Gasteiger partial charge < -0.3 is 4.57 Å². The van der Waals surface area contributed by atoms with Crippen LogP contribution in [0.4, 0.5) is 0 Å². The number of benzene rings is 1. The minimum atomic E-state index is -0.0662. The van der Waals surface area contributed by atoms with Crippen molar-refractivity contribution in [3.63, 3.8) is 0 Å². The van der Waals surface area contributed by atoms with Crippen LogP contribution in [0.3, 0.4) is 0 Å². The number of para-hydroxylation sites is 1. The number of rotatable bonds is 0. The Balaban J connectivity index is 2.06. The Labute approximate surface area is 146 Å². The number of nitrogens with zero attached hydrogens (tertiary/aromatic N) is 3. The largest absolute Gasteiger partial charge is 0.308 e. The maximum atomic E-state index is 4.59. The number of hydrogen-bond acceptors (Lipinski definition) is 2. The van der Waals surface area contributed by atoms with Crippen molar-refractivity contribution in [2.45, 2.75) is 38.5 Å². The smallest absolute Gasteiger partial charge is 0.0613 e. The van der Waals surface area contributed by atoms with Crippen LogP contribution in [0.1, 0.15) is 49.9 Å². The van der Waals surface area contributed by atoms with E-state index < -0.39 is 0 Å². The van der Waals surface area contributed by atoms with Gasteiger partial charge in [0.2, 0.25) is 0 Å². The summed E-state index contributed by atoms with van der Waals surface area (Å²) in [6.45, 7) is 9.28. The molecule has 0 bridgehead atoms. The molecule has 122 valence electrons. The fourth-order valence-corrected chi connectivity index (χ4v) is 5.12. The molecule has 3 aromatic heterocycles. The summed E-state index contributed by atoms with van der Waals surface area (Å²) >= 11 is 0. The van der Waals surface area contributed by atoms with Gasteiger partial charge in [-0.05, 0) is 11.1 Å². The number of pyridine rings is 2. The normalized spacial score (nSPS) is 18.2. The molecule has 5 heterocycles. The molecule has 0 fully saturated rings. The molecule has 3 nitrogen and oxygen atoms in total. The zero-order chi connectivity index (χ0) is 17.1. The summed E-state index contributed by atoms with van der Waals surface area (Å²) in [6, 6.07) is 6.78. The summed E-state index contributed by atoms with van der Waals surface area (Å²) in [4.78, 5) is 9.18. The van der Waals surface area contributed by atoms with E-state index in [2.05, 4.69) is 60.4 Å². The summed E-state index contributed by atoms with van der Waals surface area (Å²) in [5, 5.41) is 2.43. The highest BCUT2D eigenvalue weighted by Gasteiger charge is 2.43. The number of hydrogen-bond donors (Lipinski definition) is 0. The second-order valence-electron chi connectivity index (χ2n) is 8.45. The van der Waals surface area contributed by atoms with Crippen LogP contribution in [0.15, 0.2) is 43.0 Å². The zero-order valence-corrected chi connectivity index (χ0v) is 14.9. The lowest BCUT2D eigenvalue weighted by molar-refractivity contribution is 0.591. The lowest BCUT2D eigenvalue weighted by Gasteiger charge is -2.41. The van der Waals surface area contributed by atoms with Gasteiger partial charge in [-0.2, -0.15) is 0 Å². The molecule has 6 rings (SSSR count). The molecular formula is C22H19N3. The third-order valence-electron chi connectivity index (χ3n) is 6.53. The molecule has 0 spiro atoms. The van der Waals surface area contributed by atoms with E-state index in [0.29, 0.717) is 0 Å². The standard InChI is InChI=1S/C22H19N3/c1-21(2)14-6-5-7-15-20(14)25-18-12(8-23-10-16(18)21)13-9-24-11-17(19(13)25)22(15,3)4/h5-11H,1-4H3. The van der Waals surface area contributed by atoms with Crippen LogP contribution in [-0.2, 0) is 10.8 Å². The van der Waals surface area contributed by atoms with Crippen molar-refractivity contribution in [2.75, 3.05) is 0 Å². The third kappa shape index (κ3) is 1.26. The monoisotopic (exact) mass is 325 g/mol. The van der Waals surface area contributed by atoms with Crippen LogP contribution in [-0.4, -0.2) is 14.5 Å². The summed E-state index contributed by atoms with van der Waals surface area (Å²) < 4.78 is 2.49. The molecule has 0 saturated carbocycles.